The van der Waals surface area contributed by atoms with Crippen molar-refractivity contribution < 1.29 is 9.47 Å². The monoisotopic (exact) mass is 260 g/mol. The van der Waals surface area contributed by atoms with E-state index in [4.69, 9.17) is 14.5 Å². The molecule has 0 spiro atoms. The van der Waals surface area contributed by atoms with Gasteiger partial charge < -0.3 is 14.4 Å². The summed E-state index contributed by atoms with van der Waals surface area (Å²) in [6, 6.07) is 10.9. The van der Waals surface area contributed by atoms with Crippen molar-refractivity contribution in [3.8, 4) is 0 Å². The summed E-state index contributed by atoms with van der Waals surface area (Å²) in [6.45, 7) is 1.81. The Morgan fingerprint density at radius 2 is 1.95 bits per heavy atom. The molecule has 0 aliphatic carbocycles. The van der Waals surface area contributed by atoms with Gasteiger partial charge in [-0.2, -0.15) is 0 Å². The normalized spacial score (nSPS) is 25.1. The van der Waals surface area contributed by atoms with E-state index in [1.807, 2.05) is 6.07 Å². The highest BCUT2D eigenvalue weighted by atomic mass is 16.7. The van der Waals surface area contributed by atoms with E-state index in [2.05, 4.69) is 29.2 Å². The van der Waals surface area contributed by atoms with Crippen LogP contribution in [0.4, 0.5) is 0 Å². The van der Waals surface area contributed by atoms with Crippen LogP contribution in [0.1, 0.15) is 24.4 Å². The van der Waals surface area contributed by atoms with Crippen molar-refractivity contribution in [2.75, 3.05) is 27.3 Å². The minimum Gasteiger partial charge on any atom is -0.347 e. The lowest BCUT2D eigenvalue weighted by Crippen LogP contribution is -2.54. The first kappa shape index (κ1) is 12.6. The van der Waals surface area contributed by atoms with Gasteiger partial charge in [0.1, 0.15) is 0 Å². The van der Waals surface area contributed by atoms with Gasteiger partial charge in [-0.25, -0.2) is 0 Å². The molecule has 1 fully saturated rings. The number of rotatable bonds is 3. The largest absolute Gasteiger partial charge is 0.347 e. The van der Waals surface area contributed by atoms with Crippen LogP contribution in [-0.2, 0) is 9.47 Å². The van der Waals surface area contributed by atoms with Crippen molar-refractivity contribution in [1.29, 1.82) is 0 Å². The Bertz CT molecular complexity index is 468. The highest BCUT2D eigenvalue weighted by Crippen LogP contribution is 2.37. The molecule has 0 radical (unpaired) electrons. The van der Waals surface area contributed by atoms with Crippen molar-refractivity contribution in [3.05, 3.63) is 35.9 Å². The van der Waals surface area contributed by atoms with Crippen molar-refractivity contribution >= 4 is 5.84 Å². The molecule has 19 heavy (non-hydrogen) atoms. The quantitative estimate of drug-likeness (QED) is 0.782. The average Bonchev–Trinajstić information content (AvgIpc) is 2.92. The molecule has 0 bridgehead atoms. The molecule has 1 unspecified atom stereocenters. The number of ether oxygens (including phenoxy) is 2. The van der Waals surface area contributed by atoms with E-state index in [1.165, 1.54) is 5.56 Å². The molecule has 2 aliphatic heterocycles. The SMILES string of the molecule is COC1(OC)CCCN2C1=NCC2c1ccccc1. The second kappa shape index (κ2) is 4.94. The van der Waals surface area contributed by atoms with Crippen LogP contribution in [0, 0.1) is 0 Å². The van der Waals surface area contributed by atoms with Crippen molar-refractivity contribution in [3.63, 3.8) is 0 Å². The highest BCUT2D eigenvalue weighted by Gasteiger charge is 2.47. The molecule has 2 aliphatic rings. The third-order valence-electron chi connectivity index (χ3n) is 4.15. The molecule has 1 atom stereocenters. The summed E-state index contributed by atoms with van der Waals surface area (Å²) in [7, 11) is 3.40. The fraction of sp³-hybridized carbons (Fsp3) is 0.533. The topological polar surface area (TPSA) is 34.1 Å². The fourth-order valence-electron chi connectivity index (χ4n) is 3.14. The molecular formula is C15H20N2O2. The Balaban J connectivity index is 1.89. The van der Waals surface area contributed by atoms with Crippen LogP contribution < -0.4 is 0 Å². The Hall–Kier alpha value is -1.39. The van der Waals surface area contributed by atoms with Crippen LogP contribution in [0.15, 0.2) is 35.3 Å². The predicted octanol–water partition coefficient (Wildman–Crippen LogP) is 2.22. The zero-order valence-electron chi connectivity index (χ0n) is 11.5. The van der Waals surface area contributed by atoms with Gasteiger partial charge >= 0.3 is 0 Å². The van der Waals surface area contributed by atoms with Crippen LogP contribution >= 0.6 is 0 Å². The molecule has 3 rings (SSSR count). The number of fused-ring (bicyclic) bond motifs is 1. The second-order valence-corrected chi connectivity index (χ2v) is 5.05. The van der Waals surface area contributed by atoms with Gasteiger partial charge in [0.05, 0.1) is 12.6 Å². The Morgan fingerprint density at radius 1 is 1.21 bits per heavy atom. The van der Waals surface area contributed by atoms with Crippen molar-refractivity contribution in [2.45, 2.75) is 24.7 Å². The lowest BCUT2D eigenvalue weighted by Gasteiger charge is -2.42. The number of piperidine rings is 1. The van der Waals surface area contributed by atoms with E-state index in [0.717, 1.165) is 31.8 Å². The molecule has 0 aromatic heterocycles. The number of aliphatic imine (C=N–C) groups is 1. The Kier molecular flexibility index (Phi) is 3.29. The maximum Gasteiger partial charge on any atom is 0.227 e. The summed E-state index contributed by atoms with van der Waals surface area (Å²) in [5, 5.41) is 0. The fourth-order valence-corrected chi connectivity index (χ4v) is 3.14. The van der Waals surface area contributed by atoms with Crippen LogP contribution in [0.25, 0.3) is 0 Å². The van der Waals surface area contributed by atoms with Gasteiger partial charge in [0.2, 0.25) is 5.79 Å². The molecule has 0 amide bonds. The smallest absolute Gasteiger partial charge is 0.227 e. The third-order valence-corrected chi connectivity index (χ3v) is 4.15. The van der Waals surface area contributed by atoms with E-state index in [0.29, 0.717) is 6.04 Å². The van der Waals surface area contributed by atoms with Gasteiger partial charge in [0.15, 0.2) is 5.84 Å². The van der Waals surface area contributed by atoms with Gasteiger partial charge in [-0.1, -0.05) is 30.3 Å². The van der Waals surface area contributed by atoms with Gasteiger partial charge in [0, 0.05) is 27.2 Å². The number of hydrogen-bond donors (Lipinski definition) is 0. The summed E-state index contributed by atoms with van der Waals surface area (Å²) in [5.41, 5.74) is 1.31. The lowest BCUT2D eigenvalue weighted by molar-refractivity contribution is -0.171. The predicted molar refractivity (Wildman–Crippen MR) is 74.2 cm³/mol. The Labute approximate surface area is 114 Å². The molecule has 4 heteroatoms. The lowest BCUT2D eigenvalue weighted by atomic mass is 9.99. The first-order valence-electron chi connectivity index (χ1n) is 6.77. The summed E-state index contributed by atoms with van der Waals surface area (Å²) >= 11 is 0. The molecular weight excluding hydrogens is 240 g/mol. The van der Waals surface area contributed by atoms with Crippen LogP contribution in [-0.4, -0.2) is 43.8 Å². The molecule has 4 nitrogen and oxygen atoms in total. The van der Waals surface area contributed by atoms with Crippen LogP contribution in [0.2, 0.25) is 0 Å². The van der Waals surface area contributed by atoms with Crippen molar-refractivity contribution in [1.82, 2.24) is 4.90 Å². The third kappa shape index (κ3) is 1.95. The molecule has 0 N–H and O–H groups in total. The van der Waals surface area contributed by atoms with E-state index < -0.39 is 5.79 Å². The van der Waals surface area contributed by atoms with E-state index in [1.54, 1.807) is 14.2 Å². The highest BCUT2D eigenvalue weighted by molar-refractivity contribution is 5.91. The van der Waals surface area contributed by atoms with Gasteiger partial charge in [-0.05, 0) is 12.0 Å². The second-order valence-electron chi connectivity index (χ2n) is 5.05. The molecule has 1 aromatic rings. The summed E-state index contributed by atoms with van der Waals surface area (Å²) in [4.78, 5) is 7.04. The summed E-state index contributed by atoms with van der Waals surface area (Å²) in [6.07, 6.45) is 1.93. The first-order chi connectivity index (χ1) is 9.30. The molecule has 102 valence electrons. The zero-order valence-corrected chi connectivity index (χ0v) is 11.5. The minimum absolute atomic E-state index is 0.321. The van der Waals surface area contributed by atoms with E-state index in [-0.39, 0.29) is 0 Å². The Morgan fingerprint density at radius 3 is 2.63 bits per heavy atom. The number of amidine groups is 1. The van der Waals surface area contributed by atoms with Gasteiger partial charge in [-0.15, -0.1) is 0 Å². The van der Waals surface area contributed by atoms with E-state index >= 15 is 0 Å². The average molecular weight is 260 g/mol. The molecule has 1 aromatic carbocycles. The van der Waals surface area contributed by atoms with Gasteiger partial charge in [-0.3, -0.25) is 4.99 Å². The number of methoxy groups -OCH3 is 2. The number of benzene rings is 1. The van der Waals surface area contributed by atoms with E-state index in [9.17, 15) is 0 Å². The number of nitrogens with zero attached hydrogens (tertiary/aromatic N) is 2. The standard InChI is InChI=1S/C15H20N2O2/c1-18-15(19-2)9-6-10-17-13(11-16-14(15)17)12-7-4-3-5-8-12/h3-5,7-8,13H,6,9-11H2,1-2H3. The molecule has 2 heterocycles. The van der Waals surface area contributed by atoms with Crippen LogP contribution in [0.3, 0.4) is 0 Å². The first-order valence-corrected chi connectivity index (χ1v) is 6.77. The molecule has 0 saturated carbocycles. The summed E-state index contributed by atoms with van der Waals surface area (Å²) in [5.74, 6) is 0.305. The van der Waals surface area contributed by atoms with Crippen molar-refractivity contribution in [2.24, 2.45) is 4.99 Å². The zero-order chi connectivity index (χ0) is 13.3. The number of hydrogen-bond acceptors (Lipinski definition) is 4. The maximum absolute atomic E-state index is 5.63. The minimum atomic E-state index is -0.651. The summed E-state index contributed by atoms with van der Waals surface area (Å²) < 4.78 is 11.3. The van der Waals surface area contributed by atoms with Gasteiger partial charge in [0.25, 0.3) is 0 Å². The maximum atomic E-state index is 5.63. The molecule has 1 saturated heterocycles. The van der Waals surface area contributed by atoms with Crippen LogP contribution in [0.5, 0.6) is 0 Å².